The molecule has 2 rings (SSSR count). The van der Waals surface area contributed by atoms with Gasteiger partial charge in [-0.2, -0.15) is 0 Å². The topological polar surface area (TPSA) is 41.6 Å². The van der Waals surface area contributed by atoms with Gasteiger partial charge in [0.15, 0.2) is 0 Å². The minimum atomic E-state index is 0. The third-order valence-corrected chi connectivity index (χ3v) is 4.19. The number of hydrogen-bond acceptors (Lipinski definition) is 3. The highest BCUT2D eigenvalue weighted by Crippen LogP contribution is 2.27. The average molecular weight is 368 g/mol. The van der Waals surface area contributed by atoms with E-state index in [-0.39, 0.29) is 18.3 Å². The molecule has 124 valence electrons. The Hall–Kier alpha value is -0.680. The van der Waals surface area contributed by atoms with Crippen LogP contribution in [0, 0.1) is 0 Å². The second-order valence-electron chi connectivity index (χ2n) is 5.18. The van der Waals surface area contributed by atoms with Crippen LogP contribution in [0.1, 0.15) is 19.3 Å². The number of nitrogens with one attached hydrogen (secondary N) is 1. The van der Waals surface area contributed by atoms with Crippen LogP contribution >= 0.6 is 35.6 Å². The molecular weight excluding hydrogens is 347 g/mol. The molecule has 0 aliphatic carbocycles. The van der Waals surface area contributed by atoms with Gasteiger partial charge in [0, 0.05) is 31.1 Å². The normalized spacial score (nSPS) is 17.0. The van der Waals surface area contributed by atoms with Crippen LogP contribution in [0.5, 0.6) is 5.75 Å². The van der Waals surface area contributed by atoms with Gasteiger partial charge in [-0.25, -0.2) is 0 Å². The molecule has 0 spiro atoms. The number of amides is 1. The van der Waals surface area contributed by atoms with E-state index >= 15 is 0 Å². The average Bonchev–Trinajstić information content (AvgIpc) is 2.98. The van der Waals surface area contributed by atoms with E-state index in [4.69, 9.17) is 27.9 Å². The van der Waals surface area contributed by atoms with Gasteiger partial charge < -0.3 is 15.0 Å². The Morgan fingerprint density at radius 2 is 2.23 bits per heavy atom. The van der Waals surface area contributed by atoms with E-state index in [0.29, 0.717) is 41.3 Å². The lowest BCUT2D eigenvalue weighted by Crippen LogP contribution is -2.38. The van der Waals surface area contributed by atoms with Crippen LogP contribution in [-0.2, 0) is 4.79 Å². The fraction of sp³-hybridized carbons (Fsp3) is 0.533. The lowest BCUT2D eigenvalue weighted by molar-refractivity contribution is -0.131. The van der Waals surface area contributed by atoms with E-state index in [1.54, 1.807) is 18.2 Å². The second-order valence-corrected chi connectivity index (χ2v) is 6.02. The molecule has 7 heteroatoms. The van der Waals surface area contributed by atoms with Crippen LogP contribution in [0.2, 0.25) is 10.0 Å². The Morgan fingerprint density at radius 1 is 1.45 bits per heavy atom. The first kappa shape index (κ1) is 19.4. The van der Waals surface area contributed by atoms with Crippen LogP contribution in [0.15, 0.2) is 18.2 Å². The van der Waals surface area contributed by atoms with Crippen LogP contribution in [0.25, 0.3) is 0 Å². The van der Waals surface area contributed by atoms with Crippen molar-refractivity contribution in [3.05, 3.63) is 28.2 Å². The largest absolute Gasteiger partial charge is 0.492 e. The molecule has 1 aromatic rings. The number of carbonyl (C=O) groups is 1. The molecule has 0 aromatic heterocycles. The molecule has 1 aliphatic rings. The van der Waals surface area contributed by atoms with Crippen LogP contribution < -0.4 is 10.1 Å². The molecule has 1 N–H and O–H groups in total. The number of halogens is 3. The van der Waals surface area contributed by atoms with Crippen molar-refractivity contribution in [2.24, 2.45) is 0 Å². The summed E-state index contributed by atoms with van der Waals surface area (Å²) >= 11 is 11.8. The highest BCUT2D eigenvalue weighted by molar-refractivity contribution is 6.35. The maximum absolute atomic E-state index is 12.1. The monoisotopic (exact) mass is 366 g/mol. The van der Waals surface area contributed by atoms with E-state index in [0.717, 1.165) is 19.5 Å². The smallest absolute Gasteiger partial charge is 0.222 e. The fourth-order valence-electron chi connectivity index (χ4n) is 2.35. The molecule has 1 heterocycles. The number of carbonyl (C=O) groups excluding carboxylic acids is 1. The number of benzene rings is 1. The van der Waals surface area contributed by atoms with Crippen LogP contribution in [-0.4, -0.2) is 43.6 Å². The predicted octanol–water partition coefficient (Wildman–Crippen LogP) is 3.39. The SMILES string of the molecule is CN(C(=O)CCCOc1ccc(Cl)cc1Cl)C1CCNC1.Cl. The van der Waals surface area contributed by atoms with E-state index in [2.05, 4.69) is 5.32 Å². The molecule has 4 nitrogen and oxygen atoms in total. The van der Waals surface area contributed by atoms with Crippen molar-refractivity contribution in [3.8, 4) is 5.75 Å². The lowest BCUT2D eigenvalue weighted by atomic mass is 10.2. The van der Waals surface area contributed by atoms with Crippen LogP contribution in [0.3, 0.4) is 0 Å². The molecule has 1 unspecified atom stereocenters. The molecule has 22 heavy (non-hydrogen) atoms. The van der Waals surface area contributed by atoms with Gasteiger partial charge in [0.1, 0.15) is 5.75 Å². The molecule has 1 amide bonds. The number of rotatable bonds is 6. The second kappa shape index (κ2) is 9.46. The summed E-state index contributed by atoms with van der Waals surface area (Å²) in [4.78, 5) is 13.9. The molecular formula is C15H21Cl3N2O2. The summed E-state index contributed by atoms with van der Waals surface area (Å²) in [5.74, 6) is 0.761. The molecule has 0 bridgehead atoms. The summed E-state index contributed by atoms with van der Waals surface area (Å²) in [6.45, 7) is 2.34. The first-order valence-corrected chi connectivity index (χ1v) is 7.88. The number of nitrogens with zero attached hydrogens (tertiary/aromatic N) is 1. The van der Waals surface area contributed by atoms with Gasteiger partial charge in [0.2, 0.25) is 5.91 Å². The van der Waals surface area contributed by atoms with E-state index in [9.17, 15) is 4.79 Å². The van der Waals surface area contributed by atoms with Crippen molar-refractivity contribution in [3.63, 3.8) is 0 Å². The van der Waals surface area contributed by atoms with Crippen molar-refractivity contribution >= 4 is 41.5 Å². The number of ether oxygens (including phenoxy) is 1. The maximum atomic E-state index is 12.1. The highest BCUT2D eigenvalue weighted by atomic mass is 35.5. The molecule has 1 aromatic carbocycles. The summed E-state index contributed by atoms with van der Waals surface area (Å²) in [6.07, 6.45) is 2.18. The Kier molecular flexibility index (Phi) is 8.33. The summed E-state index contributed by atoms with van der Waals surface area (Å²) in [5, 5.41) is 4.33. The van der Waals surface area contributed by atoms with Crippen molar-refractivity contribution in [1.29, 1.82) is 0 Å². The zero-order valence-corrected chi connectivity index (χ0v) is 14.8. The summed E-state index contributed by atoms with van der Waals surface area (Å²) in [5.41, 5.74) is 0. The van der Waals surface area contributed by atoms with Crippen molar-refractivity contribution in [2.45, 2.75) is 25.3 Å². The van der Waals surface area contributed by atoms with Gasteiger partial charge in [0.25, 0.3) is 0 Å². The Morgan fingerprint density at radius 3 is 2.86 bits per heavy atom. The highest BCUT2D eigenvalue weighted by Gasteiger charge is 2.22. The van der Waals surface area contributed by atoms with Crippen LogP contribution in [0.4, 0.5) is 0 Å². The first-order valence-electron chi connectivity index (χ1n) is 7.12. The minimum Gasteiger partial charge on any atom is -0.492 e. The Bertz CT molecular complexity index is 494. The molecule has 1 fully saturated rings. The van der Waals surface area contributed by atoms with Crippen molar-refractivity contribution in [1.82, 2.24) is 10.2 Å². The van der Waals surface area contributed by atoms with E-state index in [1.165, 1.54) is 0 Å². The molecule has 1 saturated heterocycles. The first-order chi connectivity index (χ1) is 10.1. The maximum Gasteiger partial charge on any atom is 0.222 e. The third kappa shape index (κ3) is 5.51. The summed E-state index contributed by atoms with van der Waals surface area (Å²) in [7, 11) is 1.87. The number of likely N-dealkylation sites (N-methyl/N-ethyl adjacent to an activating group) is 1. The van der Waals surface area contributed by atoms with Gasteiger partial charge in [0.05, 0.1) is 11.6 Å². The standard InChI is InChI=1S/C15H20Cl2N2O2.ClH/c1-19(12-6-7-18-10-12)15(20)3-2-8-21-14-5-4-11(16)9-13(14)17;/h4-5,9,12,18H,2-3,6-8,10H2,1H3;1H. The predicted molar refractivity (Wildman–Crippen MR) is 92.5 cm³/mol. The quantitative estimate of drug-likeness (QED) is 0.784. The number of hydrogen-bond donors (Lipinski definition) is 1. The van der Waals surface area contributed by atoms with Gasteiger partial charge >= 0.3 is 0 Å². The fourth-order valence-corrected chi connectivity index (χ4v) is 2.81. The van der Waals surface area contributed by atoms with Crippen molar-refractivity contribution < 1.29 is 9.53 Å². The minimum absolute atomic E-state index is 0. The molecule has 1 atom stereocenters. The molecule has 0 radical (unpaired) electrons. The third-order valence-electron chi connectivity index (χ3n) is 3.66. The Balaban J connectivity index is 0.00000242. The Labute approximate surface area is 147 Å². The zero-order valence-electron chi connectivity index (χ0n) is 12.5. The van der Waals surface area contributed by atoms with Crippen molar-refractivity contribution in [2.75, 3.05) is 26.7 Å². The van der Waals surface area contributed by atoms with Gasteiger partial charge in [-0.1, -0.05) is 23.2 Å². The van der Waals surface area contributed by atoms with E-state index in [1.807, 2.05) is 11.9 Å². The summed E-state index contributed by atoms with van der Waals surface area (Å²) in [6, 6.07) is 5.44. The van der Waals surface area contributed by atoms with Gasteiger partial charge in [-0.3, -0.25) is 4.79 Å². The van der Waals surface area contributed by atoms with Gasteiger partial charge in [-0.05, 0) is 37.6 Å². The summed E-state index contributed by atoms with van der Waals surface area (Å²) < 4.78 is 5.57. The lowest BCUT2D eigenvalue weighted by Gasteiger charge is -2.23. The molecule has 0 saturated carbocycles. The molecule has 1 aliphatic heterocycles. The van der Waals surface area contributed by atoms with Gasteiger partial charge in [-0.15, -0.1) is 12.4 Å². The van der Waals surface area contributed by atoms with E-state index < -0.39 is 0 Å². The zero-order chi connectivity index (χ0) is 15.2.